The van der Waals surface area contributed by atoms with Gasteiger partial charge in [-0.25, -0.2) is 9.78 Å². The molecular formula is C9H16N3O2+. The standard InChI is InChI=1S/C9H15N3O2/c1-12(2)8(9(13)14-3)4-7-5-10-6-11-7/h5-6,8H,4H2,1-3H3,(H,10,11)/p+1/t8-/m0/s1. The molecule has 1 aromatic rings. The molecule has 78 valence electrons. The third-order valence-electron chi connectivity index (χ3n) is 2.16. The van der Waals surface area contributed by atoms with E-state index in [9.17, 15) is 4.79 Å². The molecule has 0 aromatic carbocycles. The number of methoxy groups -OCH3 is 1. The van der Waals surface area contributed by atoms with E-state index >= 15 is 0 Å². The van der Waals surface area contributed by atoms with Crippen LogP contribution in [0.15, 0.2) is 12.5 Å². The molecule has 0 spiro atoms. The Bertz CT molecular complexity index is 282. The Kier molecular flexibility index (Phi) is 3.64. The lowest BCUT2D eigenvalue weighted by Gasteiger charge is -2.17. The summed E-state index contributed by atoms with van der Waals surface area (Å²) in [5.74, 6) is -0.195. The molecule has 1 aromatic heterocycles. The number of imidazole rings is 1. The minimum absolute atomic E-state index is 0.180. The number of carbonyl (C=O) groups excluding carboxylic acids is 1. The monoisotopic (exact) mass is 198 g/mol. The zero-order valence-electron chi connectivity index (χ0n) is 8.70. The lowest BCUT2D eigenvalue weighted by Crippen LogP contribution is -3.11. The number of H-pyrrole nitrogens is 1. The molecule has 0 unspecified atom stereocenters. The van der Waals surface area contributed by atoms with Gasteiger partial charge in [0, 0.05) is 11.9 Å². The molecule has 0 bridgehead atoms. The van der Waals surface area contributed by atoms with Crippen molar-refractivity contribution >= 4 is 5.97 Å². The van der Waals surface area contributed by atoms with E-state index in [4.69, 9.17) is 4.74 Å². The summed E-state index contributed by atoms with van der Waals surface area (Å²) < 4.78 is 4.73. The highest BCUT2D eigenvalue weighted by atomic mass is 16.5. The second-order valence-electron chi connectivity index (χ2n) is 3.43. The van der Waals surface area contributed by atoms with Crippen LogP contribution >= 0.6 is 0 Å². The minimum atomic E-state index is -0.195. The van der Waals surface area contributed by atoms with Crippen LogP contribution in [0.1, 0.15) is 5.69 Å². The number of aromatic nitrogens is 2. The van der Waals surface area contributed by atoms with Gasteiger partial charge in [0.25, 0.3) is 0 Å². The summed E-state index contributed by atoms with van der Waals surface area (Å²) in [6, 6.07) is -0.180. The number of ether oxygens (including phenoxy) is 1. The Balaban J connectivity index is 2.65. The fraction of sp³-hybridized carbons (Fsp3) is 0.556. The van der Waals surface area contributed by atoms with E-state index in [1.165, 1.54) is 7.11 Å². The maximum absolute atomic E-state index is 11.4. The first-order chi connectivity index (χ1) is 6.65. The van der Waals surface area contributed by atoms with Crippen molar-refractivity contribution in [2.75, 3.05) is 21.2 Å². The van der Waals surface area contributed by atoms with Gasteiger partial charge in [-0.15, -0.1) is 0 Å². The van der Waals surface area contributed by atoms with E-state index in [0.29, 0.717) is 6.42 Å². The molecule has 0 amide bonds. The fourth-order valence-corrected chi connectivity index (χ4v) is 1.28. The number of hydrogen-bond acceptors (Lipinski definition) is 3. The summed E-state index contributed by atoms with van der Waals surface area (Å²) in [7, 11) is 5.27. The van der Waals surface area contributed by atoms with Crippen molar-refractivity contribution in [3.8, 4) is 0 Å². The molecule has 0 fully saturated rings. The molecule has 1 rings (SSSR count). The van der Waals surface area contributed by atoms with E-state index in [1.54, 1.807) is 12.5 Å². The Hall–Kier alpha value is -1.36. The van der Waals surface area contributed by atoms with E-state index in [-0.39, 0.29) is 12.0 Å². The summed E-state index contributed by atoms with van der Waals surface area (Å²) in [4.78, 5) is 19.3. The van der Waals surface area contributed by atoms with Gasteiger partial charge in [-0.05, 0) is 0 Å². The third kappa shape index (κ3) is 2.56. The predicted octanol–water partition coefficient (Wildman–Crippen LogP) is -1.36. The van der Waals surface area contributed by atoms with Crippen molar-refractivity contribution in [3.63, 3.8) is 0 Å². The molecule has 0 aliphatic heterocycles. The van der Waals surface area contributed by atoms with E-state index in [1.807, 2.05) is 14.1 Å². The van der Waals surface area contributed by atoms with Gasteiger partial charge in [-0.1, -0.05) is 0 Å². The predicted molar refractivity (Wildman–Crippen MR) is 50.9 cm³/mol. The molecular weight excluding hydrogens is 182 g/mol. The van der Waals surface area contributed by atoms with E-state index in [2.05, 4.69) is 9.97 Å². The third-order valence-corrected chi connectivity index (χ3v) is 2.16. The summed E-state index contributed by atoms with van der Waals surface area (Å²) >= 11 is 0. The van der Waals surface area contributed by atoms with E-state index < -0.39 is 0 Å². The average molecular weight is 198 g/mol. The van der Waals surface area contributed by atoms with Crippen LogP contribution < -0.4 is 4.90 Å². The van der Waals surface area contributed by atoms with E-state index in [0.717, 1.165) is 10.6 Å². The first-order valence-electron chi connectivity index (χ1n) is 4.50. The lowest BCUT2D eigenvalue weighted by molar-refractivity contribution is -0.876. The number of quaternary nitrogens is 1. The van der Waals surface area contributed by atoms with Gasteiger partial charge in [-0.2, -0.15) is 0 Å². The molecule has 0 aliphatic carbocycles. The largest absolute Gasteiger partial charge is 0.465 e. The number of nitrogens with one attached hydrogen (secondary N) is 2. The highest BCUT2D eigenvalue weighted by molar-refractivity contribution is 5.74. The number of nitrogens with zero attached hydrogens (tertiary/aromatic N) is 1. The maximum atomic E-state index is 11.4. The van der Waals surface area contributed by atoms with Gasteiger partial charge >= 0.3 is 5.97 Å². The highest BCUT2D eigenvalue weighted by Crippen LogP contribution is 1.97. The molecule has 1 atom stereocenters. The van der Waals surface area contributed by atoms with Crippen molar-refractivity contribution in [2.24, 2.45) is 0 Å². The fourth-order valence-electron chi connectivity index (χ4n) is 1.28. The summed E-state index contributed by atoms with van der Waals surface area (Å²) in [5.41, 5.74) is 0.946. The van der Waals surface area contributed by atoms with Gasteiger partial charge < -0.3 is 14.6 Å². The molecule has 2 N–H and O–H groups in total. The molecule has 14 heavy (non-hydrogen) atoms. The van der Waals surface area contributed by atoms with Gasteiger partial charge in [0.15, 0.2) is 6.04 Å². The summed E-state index contributed by atoms with van der Waals surface area (Å²) in [6.07, 6.45) is 3.95. The second-order valence-corrected chi connectivity index (χ2v) is 3.43. The highest BCUT2D eigenvalue weighted by Gasteiger charge is 2.26. The van der Waals surface area contributed by atoms with Gasteiger partial charge in [0.1, 0.15) is 0 Å². The second kappa shape index (κ2) is 4.76. The first-order valence-corrected chi connectivity index (χ1v) is 4.50. The number of carbonyl (C=O) groups is 1. The van der Waals surface area contributed by atoms with Crippen LogP contribution in [0.2, 0.25) is 0 Å². The molecule has 5 nitrogen and oxygen atoms in total. The van der Waals surface area contributed by atoms with Crippen LogP contribution in [-0.2, 0) is 16.0 Å². The van der Waals surface area contributed by atoms with Crippen LogP contribution in [0.5, 0.6) is 0 Å². The lowest BCUT2D eigenvalue weighted by atomic mass is 10.1. The Morgan fingerprint density at radius 3 is 2.86 bits per heavy atom. The quantitative estimate of drug-likeness (QED) is 0.587. The van der Waals surface area contributed by atoms with Gasteiger partial charge in [-0.3, -0.25) is 0 Å². The van der Waals surface area contributed by atoms with Crippen LogP contribution in [0.3, 0.4) is 0 Å². The Morgan fingerprint density at radius 2 is 2.43 bits per heavy atom. The Morgan fingerprint density at radius 1 is 1.71 bits per heavy atom. The summed E-state index contributed by atoms with van der Waals surface area (Å²) in [6.45, 7) is 0. The van der Waals surface area contributed by atoms with Crippen LogP contribution in [0, 0.1) is 0 Å². The maximum Gasteiger partial charge on any atom is 0.365 e. The molecule has 0 saturated carbocycles. The van der Waals surface area contributed by atoms with Crippen molar-refractivity contribution < 1.29 is 14.4 Å². The number of esters is 1. The normalized spacial score (nSPS) is 12.9. The zero-order chi connectivity index (χ0) is 10.6. The molecule has 0 radical (unpaired) electrons. The zero-order valence-corrected chi connectivity index (χ0v) is 8.70. The first kappa shape index (κ1) is 10.7. The van der Waals surface area contributed by atoms with Crippen LogP contribution in [-0.4, -0.2) is 43.2 Å². The topological polar surface area (TPSA) is 59.4 Å². The molecule has 5 heteroatoms. The van der Waals surface area contributed by atoms with Crippen LogP contribution in [0.4, 0.5) is 0 Å². The Labute approximate surface area is 83.1 Å². The van der Waals surface area contributed by atoms with Crippen molar-refractivity contribution in [1.29, 1.82) is 0 Å². The smallest absolute Gasteiger partial charge is 0.365 e. The van der Waals surface area contributed by atoms with Crippen molar-refractivity contribution in [3.05, 3.63) is 18.2 Å². The van der Waals surface area contributed by atoms with Crippen molar-refractivity contribution in [2.45, 2.75) is 12.5 Å². The number of hydrogen-bond donors (Lipinski definition) is 2. The molecule has 1 heterocycles. The minimum Gasteiger partial charge on any atom is -0.465 e. The molecule has 0 aliphatic rings. The SMILES string of the molecule is COC(=O)[C@H](Cc1cnc[nH]1)[NH+](C)C. The number of rotatable bonds is 4. The molecule has 0 saturated heterocycles. The van der Waals surface area contributed by atoms with Gasteiger partial charge in [0.2, 0.25) is 0 Å². The number of likely N-dealkylation sites (N-methyl/N-ethyl adjacent to an activating group) is 1. The van der Waals surface area contributed by atoms with Crippen molar-refractivity contribution in [1.82, 2.24) is 9.97 Å². The average Bonchev–Trinajstić information content (AvgIpc) is 2.65. The number of aromatic amines is 1. The van der Waals surface area contributed by atoms with Gasteiger partial charge in [0.05, 0.1) is 34.0 Å². The summed E-state index contributed by atoms with van der Waals surface area (Å²) in [5, 5.41) is 0. The van der Waals surface area contributed by atoms with Crippen LogP contribution in [0.25, 0.3) is 0 Å².